The number of aromatic nitrogens is 3. The molecule has 1 N–H and O–H groups in total. The van der Waals surface area contributed by atoms with Gasteiger partial charge >= 0.3 is 5.97 Å². The Kier molecular flexibility index (Phi) is 3.37. The number of nitrogens with zero attached hydrogens (tertiary/aromatic N) is 3. The number of hydrogen-bond acceptors (Lipinski definition) is 3. The van der Waals surface area contributed by atoms with Gasteiger partial charge in [-0.05, 0) is 6.42 Å². The second-order valence-electron chi connectivity index (χ2n) is 4.03. The number of imidazole rings is 1. The lowest BCUT2D eigenvalue weighted by Crippen LogP contribution is -1.97. The molecule has 0 aliphatic rings. The highest BCUT2D eigenvalue weighted by molar-refractivity contribution is 5.67. The fourth-order valence-electron chi connectivity index (χ4n) is 1.82. The van der Waals surface area contributed by atoms with Crippen molar-refractivity contribution >= 4 is 11.6 Å². The van der Waals surface area contributed by atoms with Crippen molar-refractivity contribution in [1.82, 2.24) is 14.4 Å². The third kappa shape index (κ3) is 2.61. The molecule has 90 valence electrons. The van der Waals surface area contributed by atoms with Crippen LogP contribution in [0.1, 0.15) is 31.0 Å². The molecule has 0 saturated heterocycles. The van der Waals surface area contributed by atoms with E-state index in [4.69, 9.17) is 5.11 Å². The molecule has 0 amide bonds. The van der Waals surface area contributed by atoms with Gasteiger partial charge in [0.25, 0.3) is 0 Å². The SMILES string of the molecule is CCCc1cncn2cc(CCC(=O)O)nc12. The highest BCUT2D eigenvalue weighted by Gasteiger charge is 2.07. The zero-order chi connectivity index (χ0) is 12.3. The Balaban J connectivity index is 2.29. The van der Waals surface area contributed by atoms with Crippen LogP contribution in [0.2, 0.25) is 0 Å². The van der Waals surface area contributed by atoms with E-state index in [0.29, 0.717) is 6.42 Å². The Morgan fingerprint density at radius 2 is 2.29 bits per heavy atom. The lowest BCUT2D eigenvalue weighted by atomic mass is 10.2. The number of carboxylic acids is 1. The Morgan fingerprint density at radius 1 is 1.47 bits per heavy atom. The zero-order valence-corrected chi connectivity index (χ0v) is 9.76. The molecular formula is C12H15N3O2. The van der Waals surface area contributed by atoms with Crippen molar-refractivity contribution in [3.05, 3.63) is 30.0 Å². The van der Waals surface area contributed by atoms with E-state index in [-0.39, 0.29) is 6.42 Å². The smallest absolute Gasteiger partial charge is 0.303 e. The Labute approximate surface area is 99.1 Å². The van der Waals surface area contributed by atoms with Crippen LogP contribution in [0.15, 0.2) is 18.7 Å². The lowest BCUT2D eigenvalue weighted by Gasteiger charge is -1.99. The summed E-state index contributed by atoms with van der Waals surface area (Å²) >= 11 is 0. The molecule has 5 nitrogen and oxygen atoms in total. The topological polar surface area (TPSA) is 67.5 Å². The molecule has 2 aromatic heterocycles. The summed E-state index contributed by atoms with van der Waals surface area (Å²) in [6, 6.07) is 0. The minimum atomic E-state index is -0.797. The van der Waals surface area contributed by atoms with Crippen molar-refractivity contribution in [2.45, 2.75) is 32.6 Å². The molecule has 0 radical (unpaired) electrons. The van der Waals surface area contributed by atoms with Gasteiger partial charge in [0.2, 0.25) is 0 Å². The minimum absolute atomic E-state index is 0.112. The van der Waals surface area contributed by atoms with E-state index in [0.717, 1.165) is 29.7 Å². The average molecular weight is 233 g/mol. The molecule has 0 unspecified atom stereocenters. The number of fused-ring (bicyclic) bond motifs is 1. The molecule has 0 aromatic carbocycles. The largest absolute Gasteiger partial charge is 0.481 e. The summed E-state index contributed by atoms with van der Waals surface area (Å²) in [5.41, 5.74) is 2.80. The summed E-state index contributed by atoms with van der Waals surface area (Å²) in [7, 11) is 0. The van der Waals surface area contributed by atoms with Gasteiger partial charge in [-0.3, -0.25) is 9.20 Å². The second-order valence-corrected chi connectivity index (χ2v) is 4.03. The lowest BCUT2D eigenvalue weighted by molar-refractivity contribution is -0.136. The van der Waals surface area contributed by atoms with E-state index < -0.39 is 5.97 Å². The summed E-state index contributed by atoms with van der Waals surface area (Å²) in [5.74, 6) is -0.797. The van der Waals surface area contributed by atoms with E-state index in [1.165, 1.54) is 0 Å². The summed E-state index contributed by atoms with van der Waals surface area (Å²) in [6.07, 6.45) is 7.93. The molecule has 17 heavy (non-hydrogen) atoms. The first-order valence-electron chi connectivity index (χ1n) is 5.73. The maximum absolute atomic E-state index is 10.5. The first-order chi connectivity index (χ1) is 8.20. The Morgan fingerprint density at radius 3 is 3.00 bits per heavy atom. The molecule has 0 bridgehead atoms. The van der Waals surface area contributed by atoms with Gasteiger partial charge in [-0.2, -0.15) is 0 Å². The van der Waals surface area contributed by atoms with Crippen molar-refractivity contribution in [2.24, 2.45) is 0 Å². The van der Waals surface area contributed by atoms with Gasteiger partial charge in [0, 0.05) is 24.4 Å². The van der Waals surface area contributed by atoms with E-state index in [1.54, 1.807) is 6.33 Å². The van der Waals surface area contributed by atoms with Crippen LogP contribution in [0.3, 0.4) is 0 Å². The van der Waals surface area contributed by atoms with Crippen LogP contribution in [0, 0.1) is 0 Å². The van der Waals surface area contributed by atoms with Crippen LogP contribution in [0.25, 0.3) is 5.65 Å². The molecule has 0 aliphatic heterocycles. The Hall–Kier alpha value is -1.91. The predicted molar refractivity (Wildman–Crippen MR) is 62.9 cm³/mol. The highest BCUT2D eigenvalue weighted by atomic mass is 16.4. The average Bonchev–Trinajstić information content (AvgIpc) is 2.71. The first kappa shape index (κ1) is 11.6. The van der Waals surface area contributed by atoms with E-state index in [2.05, 4.69) is 16.9 Å². The number of carboxylic acid groups (broad SMARTS) is 1. The maximum Gasteiger partial charge on any atom is 0.303 e. The quantitative estimate of drug-likeness (QED) is 0.853. The van der Waals surface area contributed by atoms with Gasteiger partial charge in [0.15, 0.2) is 0 Å². The van der Waals surface area contributed by atoms with Crippen molar-refractivity contribution in [3.63, 3.8) is 0 Å². The number of aliphatic carboxylic acids is 1. The predicted octanol–water partition coefficient (Wildman–Crippen LogP) is 1.70. The molecule has 0 saturated carbocycles. The number of aryl methyl sites for hydroxylation is 2. The van der Waals surface area contributed by atoms with Gasteiger partial charge < -0.3 is 5.11 Å². The van der Waals surface area contributed by atoms with Gasteiger partial charge in [0.1, 0.15) is 12.0 Å². The molecular weight excluding hydrogens is 218 g/mol. The van der Waals surface area contributed by atoms with E-state index in [9.17, 15) is 4.79 Å². The van der Waals surface area contributed by atoms with Crippen molar-refractivity contribution in [2.75, 3.05) is 0 Å². The summed E-state index contributed by atoms with van der Waals surface area (Å²) in [5, 5.41) is 8.64. The molecule has 5 heteroatoms. The Bertz CT molecular complexity index is 534. The zero-order valence-electron chi connectivity index (χ0n) is 9.76. The molecule has 0 atom stereocenters. The maximum atomic E-state index is 10.5. The van der Waals surface area contributed by atoms with Crippen molar-refractivity contribution in [1.29, 1.82) is 0 Å². The fraction of sp³-hybridized carbons (Fsp3) is 0.417. The van der Waals surface area contributed by atoms with Gasteiger partial charge in [-0.1, -0.05) is 13.3 Å². The van der Waals surface area contributed by atoms with Crippen molar-refractivity contribution in [3.8, 4) is 0 Å². The van der Waals surface area contributed by atoms with E-state index >= 15 is 0 Å². The molecule has 2 aromatic rings. The standard InChI is InChI=1S/C12H15N3O2/c1-2-3-9-6-13-8-15-7-10(14-12(9)15)4-5-11(16)17/h6-8H,2-5H2,1H3,(H,16,17). The number of hydrogen-bond donors (Lipinski definition) is 1. The molecule has 0 fully saturated rings. The normalized spacial score (nSPS) is 10.9. The fourth-order valence-corrected chi connectivity index (χ4v) is 1.82. The molecule has 2 heterocycles. The second kappa shape index (κ2) is 4.95. The van der Waals surface area contributed by atoms with Crippen LogP contribution >= 0.6 is 0 Å². The third-order valence-electron chi connectivity index (χ3n) is 2.61. The van der Waals surface area contributed by atoms with E-state index in [1.807, 2.05) is 16.8 Å². The third-order valence-corrected chi connectivity index (χ3v) is 2.61. The van der Waals surface area contributed by atoms with Crippen LogP contribution < -0.4 is 0 Å². The van der Waals surface area contributed by atoms with Crippen LogP contribution in [-0.4, -0.2) is 25.4 Å². The summed E-state index contributed by atoms with van der Waals surface area (Å²) < 4.78 is 1.86. The molecule has 0 spiro atoms. The van der Waals surface area contributed by atoms with Gasteiger partial charge in [-0.15, -0.1) is 0 Å². The summed E-state index contributed by atoms with van der Waals surface area (Å²) in [4.78, 5) is 19.1. The van der Waals surface area contributed by atoms with Gasteiger partial charge in [0.05, 0.1) is 12.1 Å². The first-order valence-corrected chi connectivity index (χ1v) is 5.73. The highest BCUT2D eigenvalue weighted by Crippen LogP contribution is 2.12. The summed E-state index contributed by atoms with van der Waals surface area (Å²) in [6.45, 7) is 2.11. The number of carbonyl (C=O) groups is 1. The van der Waals surface area contributed by atoms with Crippen molar-refractivity contribution < 1.29 is 9.90 Å². The monoisotopic (exact) mass is 233 g/mol. The number of rotatable bonds is 5. The molecule has 0 aliphatic carbocycles. The van der Waals surface area contributed by atoms with Gasteiger partial charge in [-0.25, -0.2) is 9.97 Å². The van der Waals surface area contributed by atoms with Crippen LogP contribution in [0.5, 0.6) is 0 Å². The van der Waals surface area contributed by atoms with Crippen LogP contribution in [-0.2, 0) is 17.6 Å². The minimum Gasteiger partial charge on any atom is -0.481 e. The van der Waals surface area contributed by atoms with Crippen LogP contribution in [0.4, 0.5) is 0 Å². The molecule has 2 rings (SSSR count).